The number of halogens is 1. The van der Waals surface area contributed by atoms with Crippen LogP contribution in [0.5, 0.6) is 11.5 Å². The van der Waals surface area contributed by atoms with Gasteiger partial charge in [-0.2, -0.15) is 5.90 Å². The summed E-state index contributed by atoms with van der Waals surface area (Å²) < 4.78 is 16.9. The highest BCUT2D eigenvalue weighted by molar-refractivity contribution is 9.10. The lowest BCUT2D eigenvalue weighted by molar-refractivity contribution is -0.199. The summed E-state index contributed by atoms with van der Waals surface area (Å²) in [5, 5.41) is 12.0. The first-order chi connectivity index (χ1) is 16.4. The van der Waals surface area contributed by atoms with Crippen molar-refractivity contribution in [3.63, 3.8) is 0 Å². The first-order valence-electron chi connectivity index (χ1n) is 11.9. The molecular formula is C26H32BrNO5S. The number of fused-ring (bicyclic) bond motifs is 5. The van der Waals surface area contributed by atoms with Gasteiger partial charge in [-0.15, -0.1) is 9.32 Å². The molecule has 2 aromatic carbocycles. The third kappa shape index (κ3) is 4.16. The molecule has 2 fully saturated rings. The highest BCUT2D eigenvalue weighted by Gasteiger charge is 2.61. The number of hydrogen-bond acceptors (Lipinski definition) is 7. The molecule has 0 amide bonds. The molecule has 0 saturated heterocycles. The summed E-state index contributed by atoms with van der Waals surface area (Å²) in [5.74, 6) is 7.75. The van der Waals surface area contributed by atoms with Crippen LogP contribution in [0.3, 0.4) is 0 Å². The van der Waals surface area contributed by atoms with Crippen LogP contribution < -0.4 is 14.8 Å². The predicted octanol–water partition coefficient (Wildman–Crippen LogP) is 6.05. The van der Waals surface area contributed by atoms with Crippen LogP contribution >= 0.6 is 28.3 Å². The van der Waals surface area contributed by atoms with Gasteiger partial charge in [-0.25, -0.2) is 0 Å². The van der Waals surface area contributed by atoms with Crippen LogP contribution in [0, 0.1) is 17.3 Å². The maximum absolute atomic E-state index is 12.0. The fraction of sp³-hybridized carbons (Fsp3) is 0.538. The van der Waals surface area contributed by atoms with Crippen LogP contribution in [-0.4, -0.2) is 17.8 Å². The molecule has 8 heteroatoms. The van der Waals surface area contributed by atoms with Gasteiger partial charge >= 0.3 is 0 Å². The highest BCUT2D eigenvalue weighted by atomic mass is 79.9. The van der Waals surface area contributed by atoms with Crippen molar-refractivity contribution in [2.24, 2.45) is 23.1 Å². The zero-order valence-corrected chi connectivity index (χ0v) is 22.0. The summed E-state index contributed by atoms with van der Waals surface area (Å²) in [5.41, 5.74) is 3.14. The summed E-state index contributed by atoms with van der Waals surface area (Å²) in [6.07, 6.45) is 6.90. The Labute approximate surface area is 213 Å². The maximum Gasteiger partial charge on any atom is 0.260 e. The Kier molecular flexibility index (Phi) is 6.92. The number of aliphatic hydroxyl groups is 1. The second-order valence-corrected chi connectivity index (χ2v) is 11.6. The quantitative estimate of drug-likeness (QED) is 0.188. The lowest BCUT2D eigenvalue weighted by Crippen LogP contribution is -2.51. The normalized spacial score (nSPS) is 32.0. The highest BCUT2D eigenvalue weighted by Crippen LogP contribution is 2.65. The van der Waals surface area contributed by atoms with Crippen LogP contribution in [-0.2, 0) is 22.2 Å². The Balaban J connectivity index is 1.40. The first-order valence-corrected chi connectivity index (χ1v) is 13.4. The fourth-order valence-electron chi connectivity index (χ4n) is 7.25. The molecular weight excluding hydrogens is 518 g/mol. The molecule has 3 aliphatic rings. The second-order valence-electron chi connectivity index (χ2n) is 10.3. The molecule has 3 aliphatic carbocycles. The minimum atomic E-state index is -0.665. The van der Waals surface area contributed by atoms with Crippen LogP contribution in [0.15, 0.2) is 40.9 Å². The number of nitrogens with two attached hydrogens (primary N) is 1. The molecule has 5 rings (SSSR count). The van der Waals surface area contributed by atoms with Gasteiger partial charge in [-0.1, -0.05) is 35.0 Å². The van der Waals surface area contributed by atoms with Crippen molar-refractivity contribution in [3.8, 4) is 11.5 Å². The maximum atomic E-state index is 12.0. The zero-order valence-electron chi connectivity index (χ0n) is 19.6. The standard InChI is InChI=1S/C26H32BrNO5S/c1-25-10-8-19-20(22(25)9-11-26(25,29)15-16-4-3-5-18(27)12-16)7-6-17-13-24(31-34-33-32-28)23(30-2)14-21(17)19/h3-5,12-14,19-20,22,29H,6-11,15,28H2,1-2H3. The van der Waals surface area contributed by atoms with Gasteiger partial charge in [0.05, 0.1) is 12.7 Å². The molecule has 184 valence electrons. The van der Waals surface area contributed by atoms with E-state index in [4.69, 9.17) is 14.8 Å². The molecule has 0 radical (unpaired) electrons. The topological polar surface area (TPSA) is 83.2 Å². The van der Waals surface area contributed by atoms with Gasteiger partial charge in [0.15, 0.2) is 11.5 Å². The second kappa shape index (κ2) is 9.64. The SMILES string of the molecule is COc1cc2c(cc1OSOON)CCC1C2CCC2(C)C1CCC2(O)Cc1cccc(Br)c1. The Morgan fingerprint density at radius 3 is 2.76 bits per heavy atom. The van der Waals surface area contributed by atoms with E-state index in [-0.39, 0.29) is 5.41 Å². The van der Waals surface area contributed by atoms with Gasteiger partial charge in [-0.05, 0) is 103 Å². The van der Waals surface area contributed by atoms with E-state index >= 15 is 0 Å². The van der Waals surface area contributed by atoms with E-state index in [1.807, 2.05) is 6.07 Å². The van der Waals surface area contributed by atoms with Crippen molar-refractivity contribution >= 4 is 28.3 Å². The summed E-state index contributed by atoms with van der Waals surface area (Å²) in [6.45, 7) is 2.35. The van der Waals surface area contributed by atoms with E-state index in [0.717, 1.165) is 43.0 Å². The molecule has 3 N–H and O–H groups in total. The average molecular weight is 551 g/mol. The molecule has 5 unspecified atom stereocenters. The minimum absolute atomic E-state index is 0.0721. The first kappa shape index (κ1) is 24.4. The summed E-state index contributed by atoms with van der Waals surface area (Å²) in [6, 6.07) is 12.6. The van der Waals surface area contributed by atoms with Crippen LogP contribution in [0.25, 0.3) is 0 Å². The van der Waals surface area contributed by atoms with Crippen LogP contribution in [0.4, 0.5) is 0 Å². The number of ether oxygens (including phenoxy) is 1. The molecule has 2 saturated carbocycles. The third-order valence-corrected chi connectivity index (χ3v) is 9.78. The largest absolute Gasteiger partial charge is 0.493 e. The molecule has 0 aromatic heterocycles. The molecule has 0 bridgehead atoms. The van der Waals surface area contributed by atoms with Crippen molar-refractivity contribution in [1.82, 2.24) is 0 Å². The lowest BCUT2D eigenvalue weighted by Gasteiger charge is -2.53. The molecule has 5 atom stereocenters. The predicted molar refractivity (Wildman–Crippen MR) is 135 cm³/mol. The van der Waals surface area contributed by atoms with Gasteiger partial charge in [0, 0.05) is 10.9 Å². The van der Waals surface area contributed by atoms with Gasteiger partial charge in [0.25, 0.3) is 12.3 Å². The van der Waals surface area contributed by atoms with Gasteiger partial charge in [0.1, 0.15) is 0 Å². The number of methoxy groups -OCH3 is 1. The van der Waals surface area contributed by atoms with Gasteiger partial charge in [0.2, 0.25) is 0 Å². The summed E-state index contributed by atoms with van der Waals surface area (Å²) in [7, 11) is 1.65. The molecule has 6 nitrogen and oxygen atoms in total. The Morgan fingerprint density at radius 2 is 2.00 bits per heavy atom. The molecule has 2 aromatic rings. The lowest BCUT2D eigenvalue weighted by atomic mass is 9.52. The molecule has 34 heavy (non-hydrogen) atoms. The number of benzene rings is 2. The smallest absolute Gasteiger partial charge is 0.260 e. The van der Waals surface area contributed by atoms with E-state index < -0.39 is 5.60 Å². The van der Waals surface area contributed by atoms with E-state index in [9.17, 15) is 5.11 Å². The Bertz CT molecular complexity index is 1050. The van der Waals surface area contributed by atoms with Crippen molar-refractivity contribution < 1.29 is 23.3 Å². The van der Waals surface area contributed by atoms with Crippen molar-refractivity contribution in [2.75, 3.05) is 7.11 Å². The molecule has 0 heterocycles. The summed E-state index contributed by atoms with van der Waals surface area (Å²) in [4.78, 5) is 4.10. The van der Waals surface area contributed by atoms with Gasteiger partial charge in [-0.3, -0.25) is 0 Å². The van der Waals surface area contributed by atoms with Crippen molar-refractivity contribution in [1.29, 1.82) is 0 Å². The van der Waals surface area contributed by atoms with Crippen molar-refractivity contribution in [3.05, 3.63) is 57.6 Å². The third-order valence-electron chi connectivity index (χ3n) is 8.91. The number of rotatable bonds is 7. The van der Waals surface area contributed by atoms with E-state index in [2.05, 4.69) is 62.5 Å². The number of aryl methyl sites for hydroxylation is 1. The Morgan fingerprint density at radius 1 is 1.15 bits per heavy atom. The number of hydrogen-bond donors (Lipinski definition) is 2. The van der Waals surface area contributed by atoms with Gasteiger partial charge < -0.3 is 14.0 Å². The van der Waals surface area contributed by atoms with E-state index in [0.29, 0.717) is 48.0 Å². The monoisotopic (exact) mass is 549 g/mol. The Hall–Kier alpha value is -1.29. The summed E-state index contributed by atoms with van der Waals surface area (Å²) >= 11 is 4.25. The minimum Gasteiger partial charge on any atom is -0.493 e. The van der Waals surface area contributed by atoms with Crippen LogP contribution in [0.1, 0.15) is 61.6 Å². The van der Waals surface area contributed by atoms with Crippen LogP contribution in [0.2, 0.25) is 0 Å². The van der Waals surface area contributed by atoms with Crippen molar-refractivity contribution in [2.45, 2.75) is 63.4 Å². The van der Waals surface area contributed by atoms with E-state index in [1.165, 1.54) is 16.7 Å². The fourth-order valence-corrected chi connectivity index (χ4v) is 7.96. The molecule has 0 spiro atoms. The zero-order chi connectivity index (χ0) is 23.9. The average Bonchev–Trinajstić information content (AvgIpc) is 3.09. The molecule has 0 aliphatic heterocycles. The van der Waals surface area contributed by atoms with E-state index in [1.54, 1.807) is 7.11 Å².